The molecule has 0 bridgehead atoms. The lowest BCUT2D eigenvalue weighted by Crippen LogP contribution is -2.29. The summed E-state index contributed by atoms with van der Waals surface area (Å²) in [5.74, 6) is 0.685. The van der Waals surface area contributed by atoms with E-state index >= 15 is 0 Å². The van der Waals surface area contributed by atoms with Gasteiger partial charge >= 0.3 is 0 Å². The predicted molar refractivity (Wildman–Crippen MR) is 105 cm³/mol. The van der Waals surface area contributed by atoms with Gasteiger partial charge in [0.15, 0.2) is 0 Å². The number of benzene rings is 1. The topological polar surface area (TPSA) is 67.3 Å². The van der Waals surface area contributed by atoms with Crippen LogP contribution in [0.3, 0.4) is 0 Å². The number of carbonyl (C=O) groups excluding carboxylic acids is 1. The zero-order chi connectivity index (χ0) is 19.1. The molecule has 3 rings (SSSR count). The number of methoxy groups -OCH3 is 1. The summed E-state index contributed by atoms with van der Waals surface area (Å²) in [5.41, 5.74) is 3.27. The first-order chi connectivity index (χ1) is 13.2. The van der Waals surface area contributed by atoms with Crippen molar-refractivity contribution in [1.82, 2.24) is 14.9 Å². The van der Waals surface area contributed by atoms with Crippen molar-refractivity contribution in [1.29, 1.82) is 0 Å². The minimum absolute atomic E-state index is 0.109. The summed E-state index contributed by atoms with van der Waals surface area (Å²) in [6.45, 7) is 0.612. The SMILES string of the molecule is COc1ccc(Nc2ccnc(C(=O)N(C)CCc3ccncc3)c2)cc1. The number of likely N-dealkylation sites (N-methyl/N-ethyl adjacent to an activating group) is 1. The van der Waals surface area contributed by atoms with E-state index in [1.165, 1.54) is 0 Å². The van der Waals surface area contributed by atoms with Crippen molar-refractivity contribution in [2.75, 3.05) is 26.0 Å². The van der Waals surface area contributed by atoms with E-state index in [4.69, 9.17) is 4.74 Å². The van der Waals surface area contributed by atoms with E-state index in [-0.39, 0.29) is 5.91 Å². The molecule has 6 nitrogen and oxygen atoms in total. The summed E-state index contributed by atoms with van der Waals surface area (Å²) in [6, 6.07) is 15.1. The minimum Gasteiger partial charge on any atom is -0.497 e. The Labute approximate surface area is 158 Å². The number of rotatable bonds is 7. The summed E-state index contributed by atoms with van der Waals surface area (Å²) < 4.78 is 5.16. The summed E-state index contributed by atoms with van der Waals surface area (Å²) in [6.07, 6.45) is 5.92. The van der Waals surface area contributed by atoms with Crippen molar-refractivity contribution in [2.24, 2.45) is 0 Å². The standard InChI is InChI=1S/C21H22N4O2/c1-25(14-10-16-7-11-22-12-8-16)21(26)20-15-18(9-13-23-20)24-17-3-5-19(27-2)6-4-17/h3-9,11-13,15H,10,14H2,1-2H3,(H,23,24). The number of amides is 1. The van der Waals surface area contributed by atoms with Gasteiger partial charge in [0.05, 0.1) is 7.11 Å². The Morgan fingerprint density at radius 2 is 1.78 bits per heavy atom. The number of pyridine rings is 2. The Bertz CT molecular complexity index is 882. The lowest BCUT2D eigenvalue weighted by Gasteiger charge is -2.17. The molecule has 1 aromatic carbocycles. The maximum atomic E-state index is 12.7. The lowest BCUT2D eigenvalue weighted by molar-refractivity contribution is 0.0791. The third-order valence-electron chi connectivity index (χ3n) is 4.19. The summed E-state index contributed by atoms with van der Waals surface area (Å²) in [7, 11) is 3.42. The van der Waals surface area contributed by atoms with Crippen LogP contribution in [-0.4, -0.2) is 41.5 Å². The van der Waals surface area contributed by atoms with Gasteiger partial charge in [-0.2, -0.15) is 0 Å². The molecule has 0 atom stereocenters. The molecule has 0 saturated carbocycles. The number of nitrogens with zero attached hydrogens (tertiary/aromatic N) is 3. The first-order valence-corrected chi connectivity index (χ1v) is 8.67. The van der Waals surface area contributed by atoms with Gasteiger partial charge in [0.25, 0.3) is 5.91 Å². The maximum absolute atomic E-state index is 12.7. The number of hydrogen-bond donors (Lipinski definition) is 1. The summed E-state index contributed by atoms with van der Waals surface area (Å²) >= 11 is 0. The van der Waals surface area contributed by atoms with Gasteiger partial charge < -0.3 is 15.0 Å². The molecule has 0 unspecified atom stereocenters. The highest BCUT2D eigenvalue weighted by Crippen LogP contribution is 2.20. The van der Waals surface area contributed by atoms with Crippen molar-refractivity contribution in [3.63, 3.8) is 0 Å². The van der Waals surface area contributed by atoms with E-state index in [1.807, 2.05) is 42.5 Å². The van der Waals surface area contributed by atoms with E-state index in [2.05, 4.69) is 15.3 Å². The molecule has 2 aromatic heterocycles. The molecule has 27 heavy (non-hydrogen) atoms. The largest absolute Gasteiger partial charge is 0.497 e. The second-order valence-electron chi connectivity index (χ2n) is 6.12. The van der Waals surface area contributed by atoms with Gasteiger partial charge in [-0.15, -0.1) is 0 Å². The van der Waals surface area contributed by atoms with Crippen LogP contribution in [0.25, 0.3) is 0 Å². The third-order valence-corrected chi connectivity index (χ3v) is 4.19. The Morgan fingerprint density at radius 1 is 1.04 bits per heavy atom. The fraction of sp³-hybridized carbons (Fsp3) is 0.190. The normalized spacial score (nSPS) is 10.3. The minimum atomic E-state index is -0.109. The monoisotopic (exact) mass is 362 g/mol. The molecular weight excluding hydrogens is 340 g/mol. The molecule has 0 aliphatic rings. The molecule has 0 radical (unpaired) electrons. The first kappa shape index (κ1) is 18.4. The van der Waals surface area contributed by atoms with Crippen LogP contribution in [0.4, 0.5) is 11.4 Å². The molecule has 6 heteroatoms. The average Bonchev–Trinajstić information content (AvgIpc) is 2.73. The number of nitrogens with one attached hydrogen (secondary N) is 1. The molecule has 1 N–H and O–H groups in total. The zero-order valence-electron chi connectivity index (χ0n) is 15.4. The van der Waals surface area contributed by atoms with Crippen LogP contribution >= 0.6 is 0 Å². The van der Waals surface area contributed by atoms with Crippen LogP contribution in [0.1, 0.15) is 16.1 Å². The summed E-state index contributed by atoms with van der Waals surface area (Å²) in [4.78, 5) is 22.6. The van der Waals surface area contributed by atoms with E-state index in [0.29, 0.717) is 12.2 Å². The van der Waals surface area contributed by atoms with Gasteiger partial charge in [-0.25, -0.2) is 0 Å². The number of anilines is 2. The van der Waals surface area contributed by atoms with Crippen LogP contribution in [0.15, 0.2) is 67.1 Å². The number of carbonyl (C=O) groups is 1. The predicted octanol–water partition coefficient (Wildman–Crippen LogP) is 3.54. The van der Waals surface area contributed by atoms with Crippen LogP contribution in [0.2, 0.25) is 0 Å². The number of ether oxygens (including phenoxy) is 1. The van der Waals surface area contributed by atoms with Gasteiger partial charge in [0.1, 0.15) is 11.4 Å². The van der Waals surface area contributed by atoms with E-state index in [0.717, 1.165) is 29.1 Å². The second-order valence-corrected chi connectivity index (χ2v) is 6.12. The molecule has 0 aliphatic heterocycles. The Balaban J connectivity index is 1.63. The van der Waals surface area contributed by atoms with Gasteiger partial charge in [0.2, 0.25) is 0 Å². The molecular formula is C21H22N4O2. The molecule has 138 valence electrons. The van der Waals surface area contributed by atoms with Crippen molar-refractivity contribution < 1.29 is 9.53 Å². The average molecular weight is 362 g/mol. The Morgan fingerprint density at radius 3 is 2.48 bits per heavy atom. The van der Waals surface area contributed by atoms with Gasteiger partial charge in [-0.05, 0) is 60.5 Å². The first-order valence-electron chi connectivity index (χ1n) is 8.67. The Hall–Kier alpha value is -3.41. The Kier molecular flexibility index (Phi) is 5.99. The van der Waals surface area contributed by atoms with E-state index < -0.39 is 0 Å². The van der Waals surface area contributed by atoms with Crippen molar-refractivity contribution in [3.05, 3.63) is 78.4 Å². The van der Waals surface area contributed by atoms with Crippen LogP contribution in [0.5, 0.6) is 5.75 Å². The quantitative estimate of drug-likeness (QED) is 0.696. The van der Waals surface area contributed by atoms with Crippen LogP contribution in [-0.2, 0) is 6.42 Å². The number of aromatic nitrogens is 2. The molecule has 0 fully saturated rings. The highest BCUT2D eigenvalue weighted by molar-refractivity contribution is 5.93. The highest BCUT2D eigenvalue weighted by atomic mass is 16.5. The third kappa shape index (κ3) is 5.04. The molecule has 0 saturated heterocycles. The zero-order valence-corrected chi connectivity index (χ0v) is 15.4. The molecule has 1 amide bonds. The molecule has 0 spiro atoms. The van der Waals surface area contributed by atoms with E-state index in [1.54, 1.807) is 43.7 Å². The lowest BCUT2D eigenvalue weighted by atomic mass is 10.2. The van der Waals surface area contributed by atoms with Crippen molar-refractivity contribution in [2.45, 2.75) is 6.42 Å². The molecule has 2 heterocycles. The van der Waals surface area contributed by atoms with Crippen LogP contribution in [0, 0.1) is 0 Å². The fourth-order valence-corrected chi connectivity index (χ4v) is 2.61. The fourth-order valence-electron chi connectivity index (χ4n) is 2.61. The smallest absolute Gasteiger partial charge is 0.272 e. The van der Waals surface area contributed by atoms with Gasteiger partial charge in [0, 0.05) is 43.6 Å². The van der Waals surface area contributed by atoms with Crippen molar-refractivity contribution in [3.8, 4) is 5.75 Å². The van der Waals surface area contributed by atoms with Gasteiger partial charge in [-0.1, -0.05) is 0 Å². The summed E-state index contributed by atoms with van der Waals surface area (Å²) in [5, 5.41) is 3.27. The van der Waals surface area contributed by atoms with Crippen molar-refractivity contribution >= 4 is 17.3 Å². The van der Waals surface area contributed by atoms with E-state index in [9.17, 15) is 4.79 Å². The van der Waals surface area contributed by atoms with Crippen LogP contribution < -0.4 is 10.1 Å². The molecule has 3 aromatic rings. The van der Waals surface area contributed by atoms with Gasteiger partial charge in [-0.3, -0.25) is 14.8 Å². The molecule has 0 aliphatic carbocycles. The number of hydrogen-bond acceptors (Lipinski definition) is 5. The second kappa shape index (κ2) is 8.80. The maximum Gasteiger partial charge on any atom is 0.272 e. The highest BCUT2D eigenvalue weighted by Gasteiger charge is 2.13.